The first-order valence-corrected chi connectivity index (χ1v) is 5.52. The molecule has 0 saturated heterocycles. The van der Waals surface area contributed by atoms with Gasteiger partial charge in [0.1, 0.15) is 0 Å². The number of hydrogen-bond acceptors (Lipinski definition) is 2. The molecule has 1 rings (SSSR count). The lowest BCUT2D eigenvalue weighted by atomic mass is 10.2. The van der Waals surface area contributed by atoms with Gasteiger partial charge in [-0.15, -0.1) is 0 Å². The fraction of sp³-hybridized carbons (Fsp3) is 0.462. The highest BCUT2D eigenvalue weighted by Crippen LogP contribution is 2.02. The minimum atomic E-state index is -0.234. The van der Waals surface area contributed by atoms with E-state index in [1.807, 2.05) is 18.2 Å². The molecule has 0 heterocycles. The van der Waals surface area contributed by atoms with Gasteiger partial charge in [-0.2, -0.15) is 0 Å². The van der Waals surface area contributed by atoms with E-state index in [9.17, 15) is 4.79 Å². The minimum Gasteiger partial charge on any atom is -1.00 e. The number of benzene rings is 1. The molecule has 0 saturated carbocycles. The minimum absolute atomic E-state index is 0. The molecule has 0 unspecified atom stereocenters. The normalized spacial score (nSPS) is 10.5. The Morgan fingerprint density at radius 2 is 1.76 bits per heavy atom. The molecule has 96 valence electrons. The summed E-state index contributed by atoms with van der Waals surface area (Å²) in [7, 11) is 6.37. The number of esters is 1. The third-order valence-corrected chi connectivity index (χ3v) is 2.22. The fourth-order valence-electron chi connectivity index (χ4n) is 1.36. The monoisotopic (exact) mass is 257 g/mol. The maximum Gasteiger partial charge on any atom is 0.338 e. The molecule has 1 aromatic carbocycles. The average molecular weight is 258 g/mol. The van der Waals surface area contributed by atoms with Crippen LogP contribution in [0.4, 0.5) is 0 Å². The third kappa shape index (κ3) is 6.97. The summed E-state index contributed by atoms with van der Waals surface area (Å²) in [5.41, 5.74) is 0.618. The number of quaternary nitrogens is 1. The van der Waals surface area contributed by atoms with Crippen molar-refractivity contribution in [3.63, 3.8) is 0 Å². The van der Waals surface area contributed by atoms with Crippen molar-refractivity contribution < 1.29 is 26.4 Å². The van der Waals surface area contributed by atoms with E-state index in [0.29, 0.717) is 12.2 Å². The molecule has 0 fully saturated rings. The Labute approximate surface area is 109 Å². The molecule has 17 heavy (non-hydrogen) atoms. The zero-order chi connectivity index (χ0) is 12.0. The van der Waals surface area contributed by atoms with Crippen molar-refractivity contribution in [3.05, 3.63) is 35.9 Å². The number of carbonyl (C=O) groups is 1. The summed E-state index contributed by atoms with van der Waals surface area (Å²) in [6, 6.07) is 9.09. The van der Waals surface area contributed by atoms with Crippen LogP contribution < -0.4 is 12.4 Å². The molecule has 0 atom stereocenters. The van der Waals surface area contributed by atoms with Crippen LogP contribution in [-0.2, 0) is 4.74 Å². The highest BCUT2D eigenvalue weighted by molar-refractivity contribution is 5.89. The molecule has 0 aromatic heterocycles. The van der Waals surface area contributed by atoms with Gasteiger partial charge in [0.2, 0.25) is 0 Å². The molecular formula is C13H20ClNO2. The van der Waals surface area contributed by atoms with E-state index in [1.54, 1.807) is 12.1 Å². The van der Waals surface area contributed by atoms with E-state index < -0.39 is 0 Å². The second-order valence-electron chi connectivity index (χ2n) is 4.87. The Balaban J connectivity index is 0.00000256. The Kier molecular flexibility index (Phi) is 6.85. The number of rotatable bonds is 5. The molecule has 0 N–H and O–H groups in total. The van der Waals surface area contributed by atoms with Crippen molar-refractivity contribution in [1.82, 2.24) is 0 Å². The Hall–Kier alpha value is -1.06. The van der Waals surface area contributed by atoms with Gasteiger partial charge in [-0.3, -0.25) is 0 Å². The third-order valence-electron chi connectivity index (χ3n) is 2.22. The first kappa shape index (κ1) is 15.9. The van der Waals surface area contributed by atoms with Crippen molar-refractivity contribution >= 4 is 5.97 Å². The first-order chi connectivity index (χ1) is 7.49. The van der Waals surface area contributed by atoms with E-state index in [4.69, 9.17) is 4.74 Å². The van der Waals surface area contributed by atoms with Crippen LogP contribution in [0.15, 0.2) is 30.3 Å². The van der Waals surface area contributed by atoms with Crippen LogP contribution in [0.1, 0.15) is 16.8 Å². The lowest BCUT2D eigenvalue weighted by Crippen LogP contribution is -3.00. The van der Waals surface area contributed by atoms with Gasteiger partial charge in [-0.25, -0.2) is 4.79 Å². The molecule has 3 nitrogen and oxygen atoms in total. The Morgan fingerprint density at radius 1 is 1.18 bits per heavy atom. The summed E-state index contributed by atoms with van der Waals surface area (Å²) in [5.74, 6) is -0.234. The maximum absolute atomic E-state index is 11.5. The van der Waals surface area contributed by atoms with Crippen LogP contribution in [0.3, 0.4) is 0 Å². The van der Waals surface area contributed by atoms with Gasteiger partial charge in [-0.1, -0.05) is 18.2 Å². The molecule has 0 radical (unpaired) electrons. The summed E-state index contributed by atoms with van der Waals surface area (Å²) in [4.78, 5) is 11.5. The van der Waals surface area contributed by atoms with Crippen LogP contribution in [0, 0.1) is 0 Å². The van der Waals surface area contributed by atoms with Crippen molar-refractivity contribution in [1.29, 1.82) is 0 Å². The van der Waals surface area contributed by atoms with Gasteiger partial charge in [0.05, 0.1) is 39.9 Å². The zero-order valence-electron chi connectivity index (χ0n) is 10.6. The standard InChI is InChI=1S/C13H20NO2.ClH/c1-14(2,3)10-7-11-16-13(15)12-8-5-4-6-9-12;/h4-6,8-9H,7,10-11H2,1-3H3;1H/q+1;/p-1. The fourth-order valence-corrected chi connectivity index (χ4v) is 1.36. The molecule has 0 spiro atoms. The number of halogens is 1. The summed E-state index contributed by atoms with van der Waals surface area (Å²) < 4.78 is 6.07. The van der Waals surface area contributed by atoms with Crippen LogP contribution >= 0.6 is 0 Å². The van der Waals surface area contributed by atoms with Gasteiger partial charge >= 0.3 is 5.97 Å². The Bertz CT molecular complexity index is 333. The molecule has 0 bridgehead atoms. The largest absolute Gasteiger partial charge is 1.00 e. The number of hydrogen-bond donors (Lipinski definition) is 0. The summed E-state index contributed by atoms with van der Waals surface area (Å²) in [5, 5.41) is 0. The highest BCUT2D eigenvalue weighted by atomic mass is 35.5. The molecule has 4 heteroatoms. The Morgan fingerprint density at radius 3 is 2.29 bits per heavy atom. The van der Waals surface area contributed by atoms with E-state index in [-0.39, 0.29) is 18.4 Å². The molecule has 0 aliphatic heterocycles. The summed E-state index contributed by atoms with van der Waals surface area (Å²) >= 11 is 0. The zero-order valence-corrected chi connectivity index (χ0v) is 11.4. The number of carbonyl (C=O) groups excluding carboxylic acids is 1. The van der Waals surface area contributed by atoms with Crippen molar-refractivity contribution in [2.24, 2.45) is 0 Å². The lowest BCUT2D eigenvalue weighted by molar-refractivity contribution is -0.870. The van der Waals surface area contributed by atoms with Gasteiger partial charge in [0.15, 0.2) is 0 Å². The lowest BCUT2D eigenvalue weighted by Gasteiger charge is -2.23. The number of ether oxygens (including phenoxy) is 1. The second-order valence-corrected chi connectivity index (χ2v) is 4.87. The van der Waals surface area contributed by atoms with Crippen molar-refractivity contribution in [2.45, 2.75) is 6.42 Å². The van der Waals surface area contributed by atoms with Gasteiger partial charge in [-0.05, 0) is 12.1 Å². The van der Waals surface area contributed by atoms with Gasteiger partial charge in [0, 0.05) is 6.42 Å². The predicted octanol–water partition coefficient (Wildman–Crippen LogP) is -1.06. The molecule has 0 amide bonds. The van der Waals surface area contributed by atoms with Gasteiger partial charge in [0.25, 0.3) is 0 Å². The SMILES string of the molecule is C[N+](C)(C)CCCOC(=O)c1ccccc1.[Cl-]. The van der Waals surface area contributed by atoms with Crippen LogP contribution in [0.25, 0.3) is 0 Å². The van der Waals surface area contributed by atoms with E-state index >= 15 is 0 Å². The van der Waals surface area contributed by atoms with E-state index in [0.717, 1.165) is 17.4 Å². The molecule has 1 aromatic rings. The quantitative estimate of drug-likeness (QED) is 0.382. The van der Waals surface area contributed by atoms with Gasteiger partial charge < -0.3 is 21.6 Å². The van der Waals surface area contributed by atoms with Crippen LogP contribution in [-0.4, -0.2) is 44.7 Å². The number of nitrogens with zero attached hydrogens (tertiary/aromatic N) is 1. The second kappa shape index (κ2) is 7.30. The average Bonchev–Trinajstić information content (AvgIpc) is 2.24. The van der Waals surface area contributed by atoms with Crippen molar-refractivity contribution in [3.8, 4) is 0 Å². The maximum atomic E-state index is 11.5. The topological polar surface area (TPSA) is 26.3 Å². The van der Waals surface area contributed by atoms with Crippen molar-refractivity contribution in [2.75, 3.05) is 34.3 Å². The molecule has 0 aliphatic carbocycles. The molecule has 0 aliphatic rings. The van der Waals surface area contributed by atoms with E-state index in [1.165, 1.54) is 0 Å². The summed E-state index contributed by atoms with van der Waals surface area (Å²) in [6.45, 7) is 1.49. The highest BCUT2D eigenvalue weighted by Gasteiger charge is 2.08. The first-order valence-electron chi connectivity index (χ1n) is 5.52. The predicted molar refractivity (Wildman–Crippen MR) is 64.2 cm³/mol. The van der Waals surface area contributed by atoms with E-state index in [2.05, 4.69) is 21.1 Å². The molecular weight excluding hydrogens is 238 g/mol. The van der Waals surface area contributed by atoms with Crippen LogP contribution in [0.2, 0.25) is 0 Å². The van der Waals surface area contributed by atoms with Crippen LogP contribution in [0.5, 0.6) is 0 Å². The smallest absolute Gasteiger partial charge is 0.338 e. The summed E-state index contributed by atoms with van der Waals surface area (Å²) in [6.07, 6.45) is 0.891.